The van der Waals surface area contributed by atoms with Crippen molar-refractivity contribution in [2.75, 3.05) is 13.1 Å². The first-order chi connectivity index (χ1) is 11.9. The molecule has 1 heterocycles. The summed E-state index contributed by atoms with van der Waals surface area (Å²) in [6.07, 6.45) is 2.61. The summed E-state index contributed by atoms with van der Waals surface area (Å²) in [5.41, 5.74) is 0.318. The van der Waals surface area contributed by atoms with Crippen LogP contribution in [0.15, 0.2) is 12.1 Å². The van der Waals surface area contributed by atoms with Gasteiger partial charge in [0.05, 0.1) is 5.02 Å². The Hall–Kier alpha value is -0.820. The second-order valence-corrected chi connectivity index (χ2v) is 7.16. The molecule has 1 amide bonds. The lowest BCUT2D eigenvalue weighted by Gasteiger charge is -2.28. The van der Waals surface area contributed by atoms with Crippen LogP contribution in [0.3, 0.4) is 0 Å². The molecule has 1 aliphatic rings. The quantitative estimate of drug-likeness (QED) is 0.660. The molecular weight excluding hydrogens is 409 g/mol. The van der Waals surface area contributed by atoms with Gasteiger partial charge < -0.3 is 15.4 Å². The fourth-order valence-corrected chi connectivity index (χ4v) is 3.64. The molecule has 9 heteroatoms. The fraction of sp³-hybridized carbons (Fsp3) is 0.588. The molecule has 1 aromatic rings. The maximum Gasteiger partial charge on any atom is 0.387 e. The third-order valence-electron chi connectivity index (χ3n) is 4.42. The Labute approximate surface area is 168 Å². The Kier molecular flexibility index (Phi) is 9.93. The van der Waals surface area contributed by atoms with Gasteiger partial charge in [0.1, 0.15) is 5.75 Å². The number of benzene rings is 1. The van der Waals surface area contributed by atoms with E-state index in [-0.39, 0.29) is 46.6 Å². The Balaban J connectivity index is 0.00000338. The van der Waals surface area contributed by atoms with Crippen LogP contribution in [0.1, 0.15) is 31.7 Å². The minimum atomic E-state index is -3.01. The number of hydrogen-bond donors (Lipinski definition) is 2. The largest absolute Gasteiger partial charge is 0.433 e. The number of alkyl halides is 2. The predicted octanol–water partition coefficient (Wildman–Crippen LogP) is 4.66. The van der Waals surface area contributed by atoms with Gasteiger partial charge in [0.2, 0.25) is 5.91 Å². The van der Waals surface area contributed by atoms with Gasteiger partial charge in [0.25, 0.3) is 0 Å². The van der Waals surface area contributed by atoms with E-state index in [4.69, 9.17) is 23.2 Å². The van der Waals surface area contributed by atoms with E-state index in [1.54, 1.807) is 0 Å². The summed E-state index contributed by atoms with van der Waals surface area (Å²) in [5, 5.41) is 6.35. The van der Waals surface area contributed by atoms with Gasteiger partial charge in [-0.25, -0.2) is 0 Å². The average molecular weight is 432 g/mol. The molecule has 1 fully saturated rings. The summed E-state index contributed by atoms with van der Waals surface area (Å²) in [6.45, 7) is 1.02. The summed E-state index contributed by atoms with van der Waals surface area (Å²) in [5.74, 6) is 0.411. The summed E-state index contributed by atoms with van der Waals surface area (Å²) in [6, 6.07) is 2.78. The zero-order valence-corrected chi connectivity index (χ0v) is 16.7. The second-order valence-electron chi connectivity index (χ2n) is 6.32. The van der Waals surface area contributed by atoms with Crippen molar-refractivity contribution in [1.82, 2.24) is 10.6 Å². The van der Waals surface area contributed by atoms with E-state index >= 15 is 0 Å². The van der Waals surface area contributed by atoms with Crippen molar-refractivity contribution in [2.24, 2.45) is 11.8 Å². The molecule has 2 rings (SSSR count). The van der Waals surface area contributed by atoms with Gasteiger partial charge in [0, 0.05) is 23.6 Å². The van der Waals surface area contributed by atoms with Crippen LogP contribution in [-0.2, 0) is 11.3 Å². The lowest BCUT2D eigenvalue weighted by Crippen LogP contribution is -2.35. The maximum absolute atomic E-state index is 12.6. The first-order valence-electron chi connectivity index (χ1n) is 8.27. The molecule has 2 N–H and O–H groups in total. The fourth-order valence-electron chi connectivity index (χ4n) is 3.06. The van der Waals surface area contributed by atoms with E-state index in [2.05, 4.69) is 22.3 Å². The molecule has 0 spiro atoms. The van der Waals surface area contributed by atoms with E-state index in [0.717, 1.165) is 25.9 Å². The topological polar surface area (TPSA) is 50.4 Å². The first kappa shape index (κ1) is 23.2. The minimum Gasteiger partial charge on any atom is -0.433 e. The van der Waals surface area contributed by atoms with Gasteiger partial charge in [-0.1, -0.05) is 30.1 Å². The highest BCUT2D eigenvalue weighted by atomic mass is 35.5. The molecule has 0 saturated carbocycles. The normalized spacial score (nSPS) is 18.2. The molecule has 1 aromatic carbocycles. The number of hydrogen-bond acceptors (Lipinski definition) is 3. The van der Waals surface area contributed by atoms with E-state index < -0.39 is 6.61 Å². The van der Waals surface area contributed by atoms with E-state index in [1.807, 2.05) is 0 Å². The molecule has 1 saturated heterocycles. The standard InChI is InChI=1S/C17H22Cl2F2N2O2.ClH/c1-10(11-3-2-4-22-8-11)5-15(24)23-9-12-6-13(18)7-14(19)16(12)25-17(20)21;/h6-7,10-11,17,22H,2-5,8-9H2,1H3,(H,23,24);1H. The number of amides is 1. The van der Waals surface area contributed by atoms with E-state index in [9.17, 15) is 13.6 Å². The van der Waals surface area contributed by atoms with Crippen LogP contribution >= 0.6 is 35.6 Å². The van der Waals surface area contributed by atoms with Crippen LogP contribution in [0.4, 0.5) is 8.78 Å². The lowest BCUT2D eigenvalue weighted by atomic mass is 9.85. The van der Waals surface area contributed by atoms with E-state index in [1.165, 1.54) is 12.1 Å². The van der Waals surface area contributed by atoms with Crippen molar-refractivity contribution in [3.8, 4) is 5.75 Å². The van der Waals surface area contributed by atoms with Crippen LogP contribution in [0.5, 0.6) is 5.75 Å². The Morgan fingerprint density at radius 2 is 2.15 bits per heavy atom. The molecular formula is C17H23Cl3F2N2O2. The molecule has 0 bridgehead atoms. The molecule has 1 aliphatic heterocycles. The monoisotopic (exact) mass is 430 g/mol. The summed E-state index contributed by atoms with van der Waals surface area (Å²) >= 11 is 11.8. The highest BCUT2D eigenvalue weighted by Crippen LogP contribution is 2.33. The van der Waals surface area contributed by atoms with E-state index in [0.29, 0.717) is 17.9 Å². The SMILES string of the molecule is CC(CC(=O)NCc1cc(Cl)cc(Cl)c1OC(F)F)C1CCCNC1.Cl. The summed E-state index contributed by atoms with van der Waals surface area (Å²) < 4.78 is 29.6. The first-order valence-corrected chi connectivity index (χ1v) is 9.02. The van der Waals surface area contributed by atoms with Crippen molar-refractivity contribution in [3.63, 3.8) is 0 Å². The number of rotatable bonds is 7. The van der Waals surface area contributed by atoms with Crippen LogP contribution in [0.25, 0.3) is 0 Å². The Morgan fingerprint density at radius 1 is 1.42 bits per heavy atom. The van der Waals surface area contributed by atoms with Crippen molar-refractivity contribution in [2.45, 2.75) is 39.3 Å². The Morgan fingerprint density at radius 3 is 2.77 bits per heavy atom. The number of piperidine rings is 1. The van der Waals surface area contributed by atoms with Crippen LogP contribution in [0, 0.1) is 11.8 Å². The van der Waals surface area contributed by atoms with Crippen molar-refractivity contribution in [3.05, 3.63) is 27.7 Å². The number of nitrogens with one attached hydrogen (secondary N) is 2. The smallest absolute Gasteiger partial charge is 0.387 e. The number of carbonyl (C=O) groups is 1. The zero-order valence-electron chi connectivity index (χ0n) is 14.4. The predicted molar refractivity (Wildman–Crippen MR) is 102 cm³/mol. The number of carbonyl (C=O) groups excluding carboxylic acids is 1. The molecule has 148 valence electrons. The molecule has 4 nitrogen and oxygen atoms in total. The van der Waals surface area contributed by atoms with Gasteiger partial charge in [0.15, 0.2) is 0 Å². The molecule has 2 unspecified atom stereocenters. The van der Waals surface area contributed by atoms with Gasteiger partial charge >= 0.3 is 6.61 Å². The zero-order chi connectivity index (χ0) is 18.4. The van der Waals surface area contributed by atoms with Gasteiger partial charge in [-0.2, -0.15) is 8.78 Å². The number of halogens is 5. The summed E-state index contributed by atoms with van der Waals surface area (Å²) in [4.78, 5) is 12.2. The molecule has 0 aromatic heterocycles. The maximum atomic E-state index is 12.6. The third kappa shape index (κ3) is 7.06. The van der Waals surface area contributed by atoms with Gasteiger partial charge in [-0.05, 0) is 49.9 Å². The minimum absolute atomic E-state index is 0. The lowest BCUT2D eigenvalue weighted by molar-refractivity contribution is -0.122. The molecule has 2 atom stereocenters. The van der Waals surface area contributed by atoms with Gasteiger partial charge in [-0.3, -0.25) is 4.79 Å². The molecule has 26 heavy (non-hydrogen) atoms. The van der Waals surface area contributed by atoms with Gasteiger partial charge in [-0.15, -0.1) is 12.4 Å². The van der Waals surface area contributed by atoms with Crippen molar-refractivity contribution < 1.29 is 18.3 Å². The molecule has 0 aliphatic carbocycles. The number of ether oxygens (including phenoxy) is 1. The second kappa shape index (κ2) is 11.1. The summed E-state index contributed by atoms with van der Waals surface area (Å²) in [7, 11) is 0. The average Bonchev–Trinajstić information content (AvgIpc) is 2.56. The Bertz CT molecular complexity index is 600. The third-order valence-corrected chi connectivity index (χ3v) is 4.91. The highest BCUT2D eigenvalue weighted by molar-refractivity contribution is 6.35. The van der Waals surface area contributed by atoms with Crippen molar-refractivity contribution >= 4 is 41.5 Å². The van der Waals surface area contributed by atoms with Crippen LogP contribution < -0.4 is 15.4 Å². The van der Waals surface area contributed by atoms with Crippen molar-refractivity contribution in [1.29, 1.82) is 0 Å². The highest BCUT2D eigenvalue weighted by Gasteiger charge is 2.22. The van der Waals surface area contributed by atoms with Crippen LogP contribution in [-0.4, -0.2) is 25.6 Å². The van der Waals surface area contributed by atoms with Crippen LogP contribution in [0.2, 0.25) is 10.0 Å². The molecule has 0 radical (unpaired) electrons.